The van der Waals surface area contributed by atoms with Gasteiger partial charge in [-0.1, -0.05) is 41.9 Å². The van der Waals surface area contributed by atoms with Crippen LogP contribution in [0.3, 0.4) is 0 Å². The van der Waals surface area contributed by atoms with Crippen LogP contribution >= 0.6 is 22.9 Å². The first-order valence-electron chi connectivity index (χ1n) is 11.3. The van der Waals surface area contributed by atoms with E-state index in [1.807, 2.05) is 6.07 Å². The lowest BCUT2D eigenvalue weighted by molar-refractivity contribution is 0.0951. The molecule has 0 saturated carbocycles. The average Bonchev–Trinajstić information content (AvgIpc) is 3.34. The summed E-state index contributed by atoms with van der Waals surface area (Å²) in [5.41, 5.74) is 1.84. The second-order valence-electron chi connectivity index (χ2n) is 8.25. The SMILES string of the molecule is O=C(NCc1ccc(S(=O)(=O)N2CCN(CCCc3ccccc3)CC2)s1)c1ccc(Cl)cc1. The standard InChI is InChI=1S/C25H28ClN3O3S2/c26-22-10-8-21(9-11-22)25(30)27-19-23-12-13-24(33-23)34(31,32)29-17-15-28(16-18-29)14-4-7-20-5-2-1-3-6-20/h1-3,5-6,8-13H,4,7,14-19H2,(H,27,30). The van der Waals surface area contributed by atoms with Gasteiger partial charge in [-0.25, -0.2) is 8.42 Å². The maximum atomic E-state index is 13.1. The zero-order chi connectivity index (χ0) is 24.0. The number of halogens is 1. The number of carbonyl (C=O) groups is 1. The van der Waals surface area contributed by atoms with Crippen LogP contribution in [0.5, 0.6) is 0 Å². The van der Waals surface area contributed by atoms with E-state index < -0.39 is 10.0 Å². The molecule has 1 fully saturated rings. The van der Waals surface area contributed by atoms with Crippen molar-refractivity contribution >= 4 is 38.9 Å². The topological polar surface area (TPSA) is 69.7 Å². The molecule has 4 rings (SSSR count). The first kappa shape index (κ1) is 24.9. The highest BCUT2D eigenvalue weighted by atomic mass is 35.5. The van der Waals surface area contributed by atoms with E-state index in [4.69, 9.17) is 11.6 Å². The van der Waals surface area contributed by atoms with Crippen LogP contribution in [0, 0.1) is 0 Å². The Hall–Kier alpha value is -2.23. The molecule has 2 aromatic carbocycles. The Balaban J connectivity index is 1.25. The van der Waals surface area contributed by atoms with Crippen molar-refractivity contribution in [1.29, 1.82) is 0 Å². The lowest BCUT2D eigenvalue weighted by atomic mass is 10.1. The third-order valence-electron chi connectivity index (χ3n) is 5.87. The molecule has 3 aromatic rings. The molecule has 6 nitrogen and oxygen atoms in total. The van der Waals surface area contributed by atoms with E-state index in [0.717, 1.165) is 37.4 Å². The molecule has 0 radical (unpaired) electrons. The van der Waals surface area contributed by atoms with Crippen LogP contribution in [0.4, 0.5) is 0 Å². The minimum absolute atomic E-state index is 0.224. The summed E-state index contributed by atoms with van der Waals surface area (Å²) in [5, 5.41) is 3.40. The zero-order valence-corrected chi connectivity index (χ0v) is 21.2. The van der Waals surface area contributed by atoms with Gasteiger partial charge in [0, 0.05) is 41.6 Å². The summed E-state index contributed by atoms with van der Waals surface area (Å²) in [6.07, 6.45) is 2.10. The fourth-order valence-electron chi connectivity index (χ4n) is 3.93. The van der Waals surface area contributed by atoms with Crippen molar-refractivity contribution < 1.29 is 13.2 Å². The number of piperazine rings is 1. The third-order valence-corrected chi connectivity index (χ3v) is 9.58. The van der Waals surface area contributed by atoms with Crippen LogP contribution < -0.4 is 5.32 Å². The Morgan fingerprint density at radius 1 is 0.941 bits per heavy atom. The highest BCUT2D eigenvalue weighted by Gasteiger charge is 2.29. The van der Waals surface area contributed by atoms with Crippen molar-refractivity contribution in [2.24, 2.45) is 0 Å². The molecule has 1 aliphatic rings. The fourth-order valence-corrected chi connectivity index (χ4v) is 6.93. The number of aryl methyl sites for hydroxylation is 1. The van der Waals surface area contributed by atoms with Crippen LogP contribution in [-0.2, 0) is 23.0 Å². The number of thiophene rings is 1. The van der Waals surface area contributed by atoms with Crippen molar-refractivity contribution in [3.05, 3.63) is 87.8 Å². The monoisotopic (exact) mass is 517 g/mol. The van der Waals surface area contributed by atoms with E-state index in [9.17, 15) is 13.2 Å². The number of benzene rings is 2. The number of rotatable bonds is 9. The van der Waals surface area contributed by atoms with E-state index in [1.165, 1.54) is 16.9 Å². The summed E-state index contributed by atoms with van der Waals surface area (Å²) in [6, 6.07) is 20.5. The summed E-state index contributed by atoms with van der Waals surface area (Å²) in [6.45, 7) is 3.71. The van der Waals surface area contributed by atoms with Crippen molar-refractivity contribution in [2.75, 3.05) is 32.7 Å². The average molecular weight is 518 g/mol. The molecule has 180 valence electrons. The molecule has 1 aromatic heterocycles. The second-order valence-corrected chi connectivity index (χ2v) is 12.0. The molecule has 0 spiro atoms. The number of hydrogen-bond acceptors (Lipinski definition) is 5. The molecule has 9 heteroatoms. The minimum Gasteiger partial charge on any atom is -0.347 e. The van der Waals surface area contributed by atoms with E-state index in [-0.39, 0.29) is 12.5 Å². The molecular formula is C25H28ClN3O3S2. The van der Waals surface area contributed by atoms with E-state index in [1.54, 1.807) is 40.7 Å². The summed E-state index contributed by atoms with van der Waals surface area (Å²) in [7, 11) is -3.53. The Bertz CT molecular complexity index is 1190. The van der Waals surface area contributed by atoms with Gasteiger partial charge in [0.05, 0.1) is 6.54 Å². The van der Waals surface area contributed by atoms with Gasteiger partial charge in [0.2, 0.25) is 0 Å². The third kappa shape index (κ3) is 6.46. The highest BCUT2D eigenvalue weighted by molar-refractivity contribution is 7.91. The number of sulfonamides is 1. The normalized spacial score (nSPS) is 15.3. The zero-order valence-electron chi connectivity index (χ0n) is 18.8. The van der Waals surface area contributed by atoms with Gasteiger partial charge in [0.25, 0.3) is 15.9 Å². The van der Waals surface area contributed by atoms with Crippen molar-refractivity contribution in [2.45, 2.75) is 23.6 Å². The van der Waals surface area contributed by atoms with Gasteiger partial charge >= 0.3 is 0 Å². The van der Waals surface area contributed by atoms with Gasteiger partial charge in [0.1, 0.15) is 4.21 Å². The Morgan fingerprint density at radius 3 is 2.35 bits per heavy atom. The van der Waals surface area contributed by atoms with Crippen molar-refractivity contribution in [1.82, 2.24) is 14.5 Å². The quantitative estimate of drug-likeness (QED) is 0.460. The molecule has 0 aliphatic carbocycles. The Kier molecular flexibility index (Phi) is 8.39. The van der Waals surface area contributed by atoms with Crippen LogP contribution in [-0.4, -0.2) is 56.3 Å². The van der Waals surface area contributed by atoms with Gasteiger partial charge in [-0.15, -0.1) is 11.3 Å². The van der Waals surface area contributed by atoms with Crippen LogP contribution in [0.15, 0.2) is 70.9 Å². The van der Waals surface area contributed by atoms with Gasteiger partial charge in [-0.05, 0) is 61.3 Å². The molecule has 0 bridgehead atoms. The minimum atomic E-state index is -3.53. The number of amides is 1. The summed E-state index contributed by atoms with van der Waals surface area (Å²) in [4.78, 5) is 15.4. The van der Waals surface area contributed by atoms with E-state index in [0.29, 0.717) is 27.9 Å². The summed E-state index contributed by atoms with van der Waals surface area (Å²) < 4.78 is 28.1. The first-order chi connectivity index (χ1) is 16.4. The molecule has 2 heterocycles. The molecule has 1 N–H and O–H groups in total. The van der Waals surface area contributed by atoms with E-state index >= 15 is 0 Å². The first-order valence-corrected chi connectivity index (χ1v) is 13.9. The number of nitrogens with one attached hydrogen (secondary N) is 1. The predicted octanol–water partition coefficient (Wildman–Crippen LogP) is 4.27. The van der Waals surface area contributed by atoms with Gasteiger partial charge in [0.15, 0.2) is 0 Å². The van der Waals surface area contributed by atoms with Crippen LogP contribution in [0.25, 0.3) is 0 Å². The van der Waals surface area contributed by atoms with Crippen molar-refractivity contribution in [3.63, 3.8) is 0 Å². The number of carbonyl (C=O) groups excluding carboxylic acids is 1. The highest BCUT2D eigenvalue weighted by Crippen LogP contribution is 2.26. The number of hydrogen-bond donors (Lipinski definition) is 1. The molecule has 34 heavy (non-hydrogen) atoms. The van der Waals surface area contributed by atoms with Crippen molar-refractivity contribution in [3.8, 4) is 0 Å². The molecule has 1 aliphatic heterocycles. The number of nitrogens with zero attached hydrogens (tertiary/aromatic N) is 2. The maximum absolute atomic E-state index is 13.1. The summed E-state index contributed by atoms with van der Waals surface area (Å²) in [5.74, 6) is -0.224. The second kappa shape index (κ2) is 11.5. The maximum Gasteiger partial charge on any atom is 0.252 e. The Morgan fingerprint density at radius 2 is 1.65 bits per heavy atom. The summed E-state index contributed by atoms with van der Waals surface area (Å²) >= 11 is 7.07. The largest absolute Gasteiger partial charge is 0.347 e. The molecule has 0 atom stereocenters. The molecule has 1 amide bonds. The van der Waals surface area contributed by atoms with Gasteiger partial charge in [-0.3, -0.25) is 4.79 Å². The predicted molar refractivity (Wildman–Crippen MR) is 137 cm³/mol. The van der Waals surface area contributed by atoms with E-state index in [2.05, 4.69) is 34.5 Å². The Labute approximate surface area is 210 Å². The molecule has 0 unspecified atom stereocenters. The lowest BCUT2D eigenvalue weighted by Gasteiger charge is -2.33. The smallest absolute Gasteiger partial charge is 0.252 e. The molecule has 1 saturated heterocycles. The fraction of sp³-hybridized carbons (Fsp3) is 0.320. The van der Waals surface area contributed by atoms with Gasteiger partial charge in [-0.2, -0.15) is 4.31 Å². The lowest BCUT2D eigenvalue weighted by Crippen LogP contribution is -2.48. The van der Waals surface area contributed by atoms with Gasteiger partial charge < -0.3 is 10.2 Å². The van der Waals surface area contributed by atoms with Crippen LogP contribution in [0.1, 0.15) is 27.2 Å². The van der Waals surface area contributed by atoms with Crippen LogP contribution in [0.2, 0.25) is 5.02 Å². The molecular weight excluding hydrogens is 490 g/mol.